The summed E-state index contributed by atoms with van der Waals surface area (Å²) < 4.78 is 26.7. The molecule has 5 heteroatoms. The van der Waals surface area contributed by atoms with Crippen molar-refractivity contribution in [3.8, 4) is 0 Å². The number of aryl methyl sites for hydroxylation is 1. The molecule has 0 aliphatic heterocycles. The van der Waals surface area contributed by atoms with Gasteiger partial charge in [-0.25, -0.2) is 8.42 Å². The fourth-order valence-corrected chi connectivity index (χ4v) is 4.28. The minimum absolute atomic E-state index is 0.309. The molecule has 22 heavy (non-hydrogen) atoms. The van der Waals surface area contributed by atoms with Gasteiger partial charge in [-0.3, -0.25) is 4.98 Å². The van der Waals surface area contributed by atoms with Crippen LogP contribution in [0.4, 0.5) is 0 Å². The van der Waals surface area contributed by atoms with Gasteiger partial charge in [-0.2, -0.15) is 0 Å². The van der Waals surface area contributed by atoms with Crippen LogP contribution >= 0.6 is 22.6 Å². The van der Waals surface area contributed by atoms with E-state index in [0.717, 1.165) is 11.3 Å². The van der Waals surface area contributed by atoms with E-state index in [1.807, 2.05) is 31.2 Å². The first-order chi connectivity index (χ1) is 10.5. The molecule has 3 nitrogen and oxygen atoms in total. The molecule has 0 saturated heterocycles. The molecule has 0 spiro atoms. The van der Waals surface area contributed by atoms with E-state index in [1.165, 1.54) is 0 Å². The summed E-state index contributed by atoms with van der Waals surface area (Å²) in [6, 6.07) is 15.9. The second-order valence-corrected chi connectivity index (χ2v) is 7.76. The van der Waals surface area contributed by atoms with Crippen molar-refractivity contribution in [1.29, 1.82) is 0 Å². The molecular weight excluding hydrogens is 409 g/mol. The molecule has 0 atom stereocenters. The van der Waals surface area contributed by atoms with Gasteiger partial charge in [0.15, 0.2) is 0 Å². The number of hydrogen-bond acceptors (Lipinski definition) is 3. The van der Waals surface area contributed by atoms with Crippen LogP contribution in [-0.2, 0) is 14.3 Å². The van der Waals surface area contributed by atoms with Crippen LogP contribution in [0.25, 0.3) is 10.9 Å². The van der Waals surface area contributed by atoms with E-state index < -0.39 is 9.84 Å². The Morgan fingerprint density at radius 3 is 2.45 bits per heavy atom. The van der Waals surface area contributed by atoms with Crippen LogP contribution in [0.3, 0.4) is 0 Å². The highest BCUT2D eigenvalue weighted by atomic mass is 127. The summed E-state index contributed by atoms with van der Waals surface area (Å²) in [6.07, 6.45) is 0. The largest absolute Gasteiger partial charge is 0.252 e. The summed E-state index contributed by atoms with van der Waals surface area (Å²) >= 11 is 2.19. The van der Waals surface area contributed by atoms with Gasteiger partial charge >= 0.3 is 0 Å². The van der Waals surface area contributed by atoms with Gasteiger partial charge in [0.05, 0.1) is 21.0 Å². The molecule has 0 aliphatic rings. The topological polar surface area (TPSA) is 47.0 Å². The first kappa shape index (κ1) is 15.4. The van der Waals surface area contributed by atoms with E-state index >= 15 is 0 Å². The first-order valence-corrected chi connectivity index (χ1v) is 9.79. The second kappa shape index (κ2) is 5.96. The van der Waals surface area contributed by atoms with Crippen molar-refractivity contribution in [1.82, 2.24) is 4.98 Å². The Kier molecular flexibility index (Phi) is 4.18. The summed E-state index contributed by atoms with van der Waals surface area (Å²) in [6.45, 7) is 1.95. The predicted octanol–water partition coefficient (Wildman–Crippen LogP) is 4.31. The third kappa shape index (κ3) is 2.75. The average molecular weight is 423 g/mol. The molecule has 1 heterocycles. The molecule has 0 N–H and O–H groups in total. The molecule has 3 aromatic rings. The molecule has 0 saturated carbocycles. The normalized spacial score (nSPS) is 11.7. The van der Waals surface area contributed by atoms with Crippen LogP contribution in [0, 0.1) is 6.92 Å². The summed E-state index contributed by atoms with van der Waals surface area (Å²) in [5.41, 5.74) is 2.50. The van der Waals surface area contributed by atoms with Crippen molar-refractivity contribution in [2.45, 2.75) is 21.1 Å². The minimum atomic E-state index is -3.56. The lowest BCUT2D eigenvalue weighted by Crippen LogP contribution is -2.05. The van der Waals surface area contributed by atoms with E-state index in [4.69, 9.17) is 0 Å². The summed E-state index contributed by atoms with van der Waals surface area (Å²) in [5, 5.41) is 0.678. The lowest BCUT2D eigenvalue weighted by atomic mass is 10.1. The zero-order chi connectivity index (χ0) is 15.7. The average Bonchev–Trinajstić information content (AvgIpc) is 2.54. The number of aromatic nitrogens is 1. The van der Waals surface area contributed by atoms with Gasteiger partial charge in [-0.05, 0) is 37.3 Å². The molecule has 0 amide bonds. The third-order valence-corrected chi connectivity index (χ3v) is 6.05. The molecule has 3 rings (SSSR count). The van der Waals surface area contributed by atoms with Crippen molar-refractivity contribution in [3.05, 3.63) is 65.9 Å². The first-order valence-electron chi connectivity index (χ1n) is 6.79. The Balaban J connectivity index is 2.36. The molecule has 0 bridgehead atoms. The Hall–Kier alpha value is -1.47. The maximum Gasteiger partial charge on any atom is 0.207 e. The number of alkyl halides is 1. The van der Waals surface area contributed by atoms with Gasteiger partial charge in [0, 0.05) is 9.81 Å². The molecule has 0 unspecified atom stereocenters. The van der Waals surface area contributed by atoms with Gasteiger partial charge in [0.1, 0.15) is 0 Å². The lowest BCUT2D eigenvalue weighted by molar-refractivity contribution is 0.597. The number of hydrogen-bond donors (Lipinski definition) is 0. The molecule has 0 radical (unpaired) electrons. The Bertz CT molecular complexity index is 938. The van der Waals surface area contributed by atoms with Crippen LogP contribution in [0.15, 0.2) is 64.4 Å². The fourth-order valence-electron chi connectivity index (χ4n) is 2.38. The van der Waals surface area contributed by atoms with Crippen LogP contribution < -0.4 is 0 Å². The summed E-state index contributed by atoms with van der Waals surface area (Å²) in [4.78, 5) is 5.17. The van der Waals surface area contributed by atoms with Crippen molar-refractivity contribution in [3.63, 3.8) is 0 Å². The van der Waals surface area contributed by atoms with E-state index in [2.05, 4.69) is 27.6 Å². The second-order valence-electron chi connectivity index (χ2n) is 5.08. The van der Waals surface area contributed by atoms with Crippen molar-refractivity contribution < 1.29 is 8.42 Å². The highest BCUT2D eigenvalue weighted by Crippen LogP contribution is 2.29. The SMILES string of the molecule is Cc1ccc2nc(CI)cc(S(=O)(=O)c3ccccc3)c2c1. The number of halogens is 1. The smallest absolute Gasteiger partial charge is 0.207 e. The van der Waals surface area contributed by atoms with Crippen molar-refractivity contribution >= 4 is 43.3 Å². The van der Waals surface area contributed by atoms with E-state index in [0.29, 0.717) is 25.1 Å². The van der Waals surface area contributed by atoms with E-state index in [1.54, 1.807) is 30.3 Å². The number of benzene rings is 2. The highest BCUT2D eigenvalue weighted by molar-refractivity contribution is 14.1. The van der Waals surface area contributed by atoms with Gasteiger partial charge in [0.25, 0.3) is 0 Å². The maximum absolute atomic E-state index is 13.0. The van der Waals surface area contributed by atoms with Crippen LogP contribution in [0.5, 0.6) is 0 Å². The number of sulfone groups is 1. The molecule has 1 aromatic heterocycles. The summed E-state index contributed by atoms with van der Waals surface area (Å²) in [7, 11) is -3.56. The zero-order valence-electron chi connectivity index (χ0n) is 12.0. The number of fused-ring (bicyclic) bond motifs is 1. The number of pyridine rings is 1. The van der Waals surface area contributed by atoms with E-state index in [9.17, 15) is 8.42 Å². The van der Waals surface area contributed by atoms with Gasteiger partial charge < -0.3 is 0 Å². The van der Waals surface area contributed by atoms with E-state index in [-0.39, 0.29) is 0 Å². The van der Waals surface area contributed by atoms with Crippen LogP contribution in [-0.4, -0.2) is 13.4 Å². The zero-order valence-corrected chi connectivity index (χ0v) is 14.9. The quantitative estimate of drug-likeness (QED) is 0.466. The van der Waals surface area contributed by atoms with Gasteiger partial charge in [0.2, 0.25) is 9.84 Å². The van der Waals surface area contributed by atoms with Gasteiger partial charge in [-0.1, -0.05) is 52.4 Å². The lowest BCUT2D eigenvalue weighted by Gasteiger charge is -2.10. The predicted molar refractivity (Wildman–Crippen MR) is 96.1 cm³/mol. The maximum atomic E-state index is 13.0. The molecule has 0 aliphatic carbocycles. The number of rotatable bonds is 3. The number of nitrogens with zero attached hydrogens (tertiary/aromatic N) is 1. The summed E-state index contributed by atoms with van der Waals surface area (Å²) in [5.74, 6) is 0. The standard InChI is InChI=1S/C17H14INO2S/c1-12-7-8-16-15(9-12)17(10-13(11-18)19-16)22(20,21)14-5-3-2-4-6-14/h2-10H,11H2,1H3. The van der Waals surface area contributed by atoms with Crippen molar-refractivity contribution in [2.24, 2.45) is 0 Å². The minimum Gasteiger partial charge on any atom is -0.252 e. The van der Waals surface area contributed by atoms with Crippen LogP contribution in [0.2, 0.25) is 0 Å². The van der Waals surface area contributed by atoms with Gasteiger partial charge in [-0.15, -0.1) is 0 Å². The molecule has 0 fully saturated rings. The molecule has 2 aromatic carbocycles. The Labute approximate surface area is 143 Å². The Morgan fingerprint density at radius 2 is 1.77 bits per heavy atom. The highest BCUT2D eigenvalue weighted by Gasteiger charge is 2.21. The monoisotopic (exact) mass is 423 g/mol. The molecular formula is C17H14INO2S. The fraction of sp³-hybridized carbons (Fsp3) is 0.118. The van der Waals surface area contributed by atoms with Crippen LogP contribution in [0.1, 0.15) is 11.3 Å². The Morgan fingerprint density at radius 1 is 1.05 bits per heavy atom. The van der Waals surface area contributed by atoms with Crippen molar-refractivity contribution in [2.75, 3.05) is 0 Å². The molecule has 112 valence electrons. The third-order valence-electron chi connectivity index (χ3n) is 3.46.